The van der Waals surface area contributed by atoms with E-state index in [0.717, 1.165) is 0 Å². The van der Waals surface area contributed by atoms with Crippen LogP contribution in [0.15, 0.2) is 11.0 Å². The van der Waals surface area contributed by atoms with E-state index < -0.39 is 0 Å². The third-order valence-electron chi connectivity index (χ3n) is 1.77. The van der Waals surface area contributed by atoms with Crippen molar-refractivity contribution >= 4 is 5.52 Å². The standard InChI is InChI=1S/C7H9N5O/c1-4-10-7(13)5-3-9-6(2-8)12(5)11-4/h3H,2,8H2,1H3,(H,10,11,13). The Hall–Kier alpha value is -1.69. The molecule has 0 aliphatic rings. The number of nitrogens with zero attached hydrogens (tertiary/aromatic N) is 3. The van der Waals surface area contributed by atoms with Crippen LogP contribution < -0.4 is 11.3 Å². The number of imidazole rings is 1. The lowest BCUT2D eigenvalue weighted by atomic mass is 10.6. The SMILES string of the molecule is Cc1nn2c(CN)ncc2c(=O)[nH]1. The second kappa shape index (κ2) is 2.67. The van der Waals surface area contributed by atoms with Crippen LogP contribution in [0.3, 0.4) is 0 Å². The van der Waals surface area contributed by atoms with Crippen molar-refractivity contribution in [3.63, 3.8) is 0 Å². The van der Waals surface area contributed by atoms with E-state index in [0.29, 0.717) is 17.2 Å². The quantitative estimate of drug-likeness (QED) is 0.598. The maximum Gasteiger partial charge on any atom is 0.276 e. The minimum atomic E-state index is -0.195. The number of hydrogen-bond donors (Lipinski definition) is 2. The van der Waals surface area contributed by atoms with Crippen molar-refractivity contribution in [2.75, 3.05) is 0 Å². The predicted octanol–water partition coefficient (Wildman–Crippen LogP) is -0.815. The van der Waals surface area contributed by atoms with Gasteiger partial charge in [-0.1, -0.05) is 0 Å². The molecule has 0 saturated heterocycles. The Bertz CT molecular complexity index is 497. The van der Waals surface area contributed by atoms with Crippen molar-refractivity contribution in [1.29, 1.82) is 0 Å². The average molecular weight is 179 g/mol. The maximum absolute atomic E-state index is 11.3. The van der Waals surface area contributed by atoms with E-state index in [1.165, 1.54) is 10.7 Å². The number of nitrogens with two attached hydrogens (primary N) is 1. The largest absolute Gasteiger partial charge is 0.324 e. The van der Waals surface area contributed by atoms with Gasteiger partial charge in [0.1, 0.15) is 11.6 Å². The molecule has 13 heavy (non-hydrogen) atoms. The van der Waals surface area contributed by atoms with Crippen LogP contribution in [0, 0.1) is 6.92 Å². The van der Waals surface area contributed by atoms with E-state index in [1.807, 2.05) is 0 Å². The predicted molar refractivity (Wildman–Crippen MR) is 46.2 cm³/mol. The summed E-state index contributed by atoms with van der Waals surface area (Å²) < 4.78 is 1.47. The molecule has 0 spiro atoms. The fourth-order valence-corrected chi connectivity index (χ4v) is 1.19. The van der Waals surface area contributed by atoms with Gasteiger partial charge in [-0.3, -0.25) is 4.79 Å². The van der Waals surface area contributed by atoms with Crippen LogP contribution in [0.25, 0.3) is 5.52 Å². The fraction of sp³-hybridized carbons (Fsp3) is 0.286. The number of aromatic amines is 1. The van der Waals surface area contributed by atoms with Crippen molar-refractivity contribution in [1.82, 2.24) is 19.6 Å². The summed E-state index contributed by atoms with van der Waals surface area (Å²) in [6.07, 6.45) is 1.47. The van der Waals surface area contributed by atoms with Crippen LogP contribution in [-0.2, 0) is 6.54 Å². The molecule has 2 aromatic heterocycles. The second-order valence-electron chi connectivity index (χ2n) is 2.72. The van der Waals surface area contributed by atoms with Gasteiger partial charge in [0.05, 0.1) is 12.7 Å². The molecule has 2 rings (SSSR count). The first kappa shape index (κ1) is 7.93. The normalized spacial score (nSPS) is 10.9. The highest BCUT2D eigenvalue weighted by atomic mass is 16.1. The Balaban J connectivity index is 2.90. The summed E-state index contributed by atoms with van der Waals surface area (Å²) in [6.45, 7) is 1.98. The number of fused-ring (bicyclic) bond motifs is 1. The Morgan fingerprint density at radius 3 is 3.15 bits per heavy atom. The number of H-pyrrole nitrogens is 1. The van der Waals surface area contributed by atoms with E-state index in [2.05, 4.69) is 15.1 Å². The first-order chi connectivity index (χ1) is 6.22. The van der Waals surface area contributed by atoms with Crippen LogP contribution in [0.4, 0.5) is 0 Å². The van der Waals surface area contributed by atoms with Crippen LogP contribution in [0.2, 0.25) is 0 Å². The van der Waals surface area contributed by atoms with Crippen molar-refractivity contribution < 1.29 is 0 Å². The molecule has 6 nitrogen and oxygen atoms in total. The van der Waals surface area contributed by atoms with Crippen LogP contribution in [-0.4, -0.2) is 19.6 Å². The summed E-state index contributed by atoms with van der Waals surface area (Å²) in [5, 5.41) is 4.09. The number of aryl methyl sites for hydroxylation is 1. The highest BCUT2D eigenvalue weighted by Crippen LogP contribution is 1.98. The van der Waals surface area contributed by atoms with Crippen molar-refractivity contribution in [2.45, 2.75) is 13.5 Å². The minimum absolute atomic E-state index is 0.195. The van der Waals surface area contributed by atoms with E-state index in [-0.39, 0.29) is 12.1 Å². The van der Waals surface area contributed by atoms with Crippen LogP contribution in [0.5, 0.6) is 0 Å². The van der Waals surface area contributed by atoms with E-state index in [1.54, 1.807) is 6.92 Å². The van der Waals surface area contributed by atoms with Gasteiger partial charge in [-0.25, -0.2) is 9.50 Å². The van der Waals surface area contributed by atoms with Crippen molar-refractivity contribution in [3.8, 4) is 0 Å². The summed E-state index contributed by atoms with van der Waals surface area (Å²) >= 11 is 0. The van der Waals surface area contributed by atoms with Gasteiger partial charge in [0.15, 0.2) is 5.52 Å². The molecule has 0 fully saturated rings. The Morgan fingerprint density at radius 2 is 2.46 bits per heavy atom. The number of aromatic nitrogens is 4. The van der Waals surface area contributed by atoms with Gasteiger partial charge in [0.25, 0.3) is 5.56 Å². The molecule has 0 bridgehead atoms. The van der Waals surface area contributed by atoms with Gasteiger partial charge in [0, 0.05) is 0 Å². The lowest BCUT2D eigenvalue weighted by Crippen LogP contribution is -2.15. The Morgan fingerprint density at radius 1 is 1.69 bits per heavy atom. The molecule has 0 unspecified atom stereocenters. The zero-order chi connectivity index (χ0) is 9.42. The van der Waals surface area contributed by atoms with Gasteiger partial charge in [-0.15, -0.1) is 0 Å². The van der Waals surface area contributed by atoms with Gasteiger partial charge < -0.3 is 10.7 Å². The molecule has 0 aliphatic heterocycles. The van der Waals surface area contributed by atoms with Gasteiger partial charge in [-0.2, -0.15) is 5.10 Å². The highest BCUT2D eigenvalue weighted by Gasteiger charge is 2.05. The molecule has 0 aliphatic carbocycles. The minimum Gasteiger partial charge on any atom is -0.324 e. The first-order valence-corrected chi connectivity index (χ1v) is 3.86. The topological polar surface area (TPSA) is 89.1 Å². The highest BCUT2D eigenvalue weighted by molar-refractivity contribution is 5.41. The molecule has 6 heteroatoms. The molecular formula is C7H9N5O. The molecular weight excluding hydrogens is 170 g/mol. The van der Waals surface area contributed by atoms with Gasteiger partial charge in [0.2, 0.25) is 0 Å². The third kappa shape index (κ3) is 1.11. The van der Waals surface area contributed by atoms with Gasteiger partial charge >= 0.3 is 0 Å². The summed E-state index contributed by atoms with van der Waals surface area (Å²) in [5.41, 5.74) is 5.65. The smallest absolute Gasteiger partial charge is 0.276 e. The van der Waals surface area contributed by atoms with E-state index in [9.17, 15) is 4.79 Å². The number of hydrogen-bond acceptors (Lipinski definition) is 4. The van der Waals surface area contributed by atoms with Gasteiger partial charge in [-0.05, 0) is 6.92 Å². The Kier molecular flexibility index (Phi) is 1.63. The van der Waals surface area contributed by atoms with Crippen LogP contribution in [0.1, 0.15) is 11.6 Å². The molecule has 0 aromatic carbocycles. The molecule has 2 heterocycles. The molecule has 3 N–H and O–H groups in total. The first-order valence-electron chi connectivity index (χ1n) is 3.86. The third-order valence-corrected chi connectivity index (χ3v) is 1.77. The monoisotopic (exact) mass is 179 g/mol. The molecule has 0 atom stereocenters. The fourth-order valence-electron chi connectivity index (χ4n) is 1.19. The summed E-state index contributed by atoms with van der Waals surface area (Å²) in [5.74, 6) is 1.13. The zero-order valence-corrected chi connectivity index (χ0v) is 7.11. The molecule has 68 valence electrons. The lowest BCUT2D eigenvalue weighted by molar-refractivity contribution is 0.770. The number of nitrogens with one attached hydrogen (secondary N) is 1. The second-order valence-corrected chi connectivity index (χ2v) is 2.72. The summed E-state index contributed by atoms with van der Waals surface area (Å²) in [6, 6.07) is 0. The average Bonchev–Trinajstić information content (AvgIpc) is 2.47. The van der Waals surface area contributed by atoms with Crippen molar-refractivity contribution in [3.05, 3.63) is 28.2 Å². The number of rotatable bonds is 1. The summed E-state index contributed by atoms with van der Waals surface area (Å²) in [4.78, 5) is 17.9. The molecule has 0 amide bonds. The summed E-state index contributed by atoms with van der Waals surface area (Å²) in [7, 11) is 0. The van der Waals surface area contributed by atoms with Crippen LogP contribution >= 0.6 is 0 Å². The van der Waals surface area contributed by atoms with E-state index >= 15 is 0 Å². The zero-order valence-electron chi connectivity index (χ0n) is 7.11. The maximum atomic E-state index is 11.3. The molecule has 0 radical (unpaired) electrons. The molecule has 2 aromatic rings. The Labute approximate surface area is 73.4 Å². The molecule has 0 saturated carbocycles. The lowest BCUT2D eigenvalue weighted by Gasteiger charge is -1.97. The van der Waals surface area contributed by atoms with E-state index in [4.69, 9.17) is 5.73 Å². The van der Waals surface area contributed by atoms with Crippen molar-refractivity contribution in [2.24, 2.45) is 5.73 Å².